The number of carboxylic acids is 1. The van der Waals surface area contributed by atoms with Crippen molar-refractivity contribution in [1.29, 1.82) is 0 Å². The molecule has 96 valence electrons. The number of nitrogens with zero attached hydrogens (tertiary/aromatic N) is 1. The second kappa shape index (κ2) is 4.86. The predicted molar refractivity (Wildman–Crippen MR) is 67.5 cm³/mol. The smallest absolute Gasteiger partial charge is 0.303 e. The van der Waals surface area contributed by atoms with Crippen molar-refractivity contribution in [2.24, 2.45) is 5.92 Å². The average Bonchev–Trinajstić information content (AvgIpc) is 2.25. The minimum atomic E-state index is -0.831. The van der Waals surface area contributed by atoms with E-state index < -0.39 is 5.97 Å². The van der Waals surface area contributed by atoms with Crippen molar-refractivity contribution in [2.45, 2.75) is 6.42 Å². The Labute approximate surface area is 109 Å². The number of carboxylic acid groups (broad SMARTS) is 1. The molecule has 1 saturated heterocycles. The van der Waals surface area contributed by atoms with E-state index in [1.807, 2.05) is 0 Å². The molecule has 1 heterocycles. The molecule has 1 aliphatic rings. The molecule has 0 aromatic heterocycles. The van der Waals surface area contributed by atoms with E-state index in [1.165, 1.54) is 6.07 Å². The number of hydrogen-bond acceptors (Lipinski definition) is 3. The minimum absolute atomic E-state index is 0.0516. The lowest BCUT2D eigenvalue weighted by molar-refractivity contribution is -0.139. The Morgan fingerprint density at radius 2 is 2.11 bits per heavy atom. The molecule has 0 radical (unpaired) electrons. The monoisotopic (exact) mass is 268 g/mol. The molecule has 0 spiro atoms. The van der Waals surface area contributed by atoms with Gasteiger partial charge >= 0.3 is 5.97 Å². The van der Waals surface area contributed by atoms with Gasteiger partial charge in [-0.15, -0.1) is 0 Å². The third kappa shape index (κ3) is 2.56. The van der Waals surface area contributed by atoms with Crippen molar-refractivity contribution in [1.82, 2.24) is 4.90 Å². The van der Waals surface area contributed by atoms with E-state index in [0.29, 0.717) is 29.4 Å². The molecule has 5 nitrogen and oxygen atoms in total. The van der Waals surface area contributed by atoms with E-state index in [0.717, 1.165) is 0 Å². The van der Waals surface area contributed by atoms with Crippen LogP contribution in [0.5, 0.6) is 0 Å². The summed E-state index contributed by atoms with van der Waals surface area (Å²) in [6, 6.07) is 4.74. The molecule has 1 amide bonds. The zero-order valence-electron chi connectivity index (χ0n) is 9.60. The number of nitrogen functional groups attached to an aromatic ring is 1. The number of rotatable bonds is 3. The van der Waals surface area contributed by atoms with Gasteiger partial charge in [-0.05, 0) is 18.2 Å². The third-order valence-corrected chi connectivity index (χ3v) is 3.28. The highest BCUT2D eigenvalue weighted by Gasteiger charge is 2.32. The minimum Gasteiger partial charge on any atom is -0.481 e. The van der Waals surface area contributed by atoms with Crippen LogP contribution in [0.4, 0.5) is 5.69 Å². The molecule has 0 bridgehead atoms. The maximum Gasteiger partial charge on any atom is 0.303 e. The van der Waals surface area contributed by atoms with Gasteiger partial charge in [-0.3, -0.25) is 9.59 Å². The lowest BCUT2D eigenvalue weighted by Gasteiger charge is -2.38. The van der Waals surface area contributed by atoms with Crippen LogP contribution in [-0.2, 0) is 4.79 Å². The number of nitrogens with two attached hydrogens (primary N) is 1. The summed E-state index contributed by atoms with van der Waals surface area (Å²) in [4.78, 5) is 24.1. The quantitative estimate of drug-likeness (QED) is 0.813. The first-order valence-corrected chi connectivity index (χ1v) is 5.91. The van der Waals surface area contributed by atoms with Gasteiger partial charge in [-0.2, -0.15) is 0 Å². The highest BCUT2D eigenvalue weighted by molar-refractivity contribution is 6.33. The zero-order valence-corrected chi connectivity index (χ0v) is 10.4. The molecule has 1 aromatic rings. The molecule has 1 fully saturated rings. The second-order valence-electron chi connectivity index (χ2n) is 4.41. The van der Waals surface area contributed by atoms with Crippen LogP contribution >= 0.6 is 11.6 Å². The van der Waals surface area contributed by atoms with E-state index in [2.05, 4.69) is 0 Å². The summed E-state index contributed by atoms with van der Waals surface area (Å²) in [6.45, 7) is 0.959. The molecule has 3 N–H and O–H groups in total. The van der Waals surface area contributed by atoms with Crippen LogP contribution in [0.2, 0.25) is 5.02 Å². The molecular formula is C12H13ClN2O3. The van der Waals surface area contributed by atoms with Gasteiger partial charge in [0.2, 0.25) is 0 Å². The normalized spacial score (nSPS) is 15.3. The van der Waals surface area contributed by atoms with Gasteiger partial charge in [0.15, 0.2) is 0 Å². The number of anilines is 1. The number of hydrogen-bond donors (Lipinski definition) is 2. The van der Waals surface area contributed by atoms with Crippen molar-refractivity contribution < 1.29 is 14.7 Å². The maximum atomic E-state index is 12.0. The molecule has 0 saturated carbocycles. The van der Waals surface area contributed by atoms with Crippen molar-refractivity contribution in [3.05, 3.63) is 28.8 Å². The Morgan fingerprint density at radius 1 is 1.44 bits per heavy atom. The van der Waals surface area contributed by atoms with Gasteiger partial charge in [0.05, 0.1) is 17.1 Å². The van der Waals surface area contributed by atoms with Crippen molar-refractivity contribution in [3.63, 3.8) is 0 Å². The summed E-state index contributed by atoms with van der Waals surface area (Å²) in [5, 5.41) is 8.97. The Morgan fingerprint density at radius 3 is 2.67 bits per heavy atom. The topological polar surface area (TPSA) is 83.6 Å². The Balaban J connectivity index is 1.97. The van der Waals surface area contributed by atoms with Gasteiger partial charge in [-0.1, -0.05) is 11.6 Å². The van der Waals surface area contributed by atoms with Crippen molar-refractivity contribution in [3.8, 4) is 0 Å². The number of carbonyl (C=O) groups is 2. The fourth-order valence-corrected chi connectivity index (χ4v) is 2.14. The first-order valence-electron chi connectivity index (χ1n) is 5.53. The first kappa shape index (κ1) is 12.7. The Bertz CT molecular complexity index is 498. The molecular weight excluding hydrogens is 256 g/mol. The van der Waals surface area contributed by atoms with Gasteiger partial charge < -0.3 is 15.7 Å². The van der Waals surface area contributed by atoms with Gasteiger partial charge in [0, 0.05) is 24.6 Å². The van der Waals surface area contributed by atoms with Gasteiger partial charge in [0.25, 0.3) is 5.91 Å². The van der Waals surface area contributed by atoms with E-state index in [1.54, 1.807) is 17.0 Å². The molecule has 2 rings (SSSR count). The number of halogens is 1. The SMILES string of the molecule is Nc1ccc(C(=O)N2CC(CC(=O)O)C2)cc1Cl. The number of carbonyl (C=O) groups excluding carboxylic acids is 1. The van der Waals surface area contributed by atoms with Crippen LogP contribution in [0.1, 0.15) is 16.8 Å². The second-order valence-corrected chi connectivity index (χ2v) is 4.82. The highest BCUT2D eigenvalue weighted by Crippen LogP contribution is 2.24. The molecule has 0 unspecified atom stereocenters. The summed E-state index contributed by atoms with van der Waals surface area (Å²) in [5.74, 6) is -0.920. The Hall–Kier alpha value is -1.75. The summed E-state index contributed by atoms with van der Waals surface area (Å²) in [7, 11) is 0. The van der Waals surface area contributed by atoms with Crippen LogP contribution in [0.15, 0.2) is 18.2 Å². The van der Waals surface area contributed by atoms with E-state index in [4.69, 9.17) is 22.4 Å². The number of aliphatic carboxylic acids is 1. The Kier molecular flexibility index (Phi) is 3.43. The van der Waals surface area contributed by atoms with Crippen LogP contribution in [0.25, 0.3) is 0 Å². The van der Waals surface area contributed by atoms with Crippen LogP contribution in [0.3, 0.4) is 0 Å². The molecule has 1 aliphatic heterocycles. The molecule has 6 heteroatoms. The fraction of sp³-hybridized carbons (Fsp3) is 0.333. The van der Waals surface area contributed by atoms with Crippen molar-refractivity contribution >= 4 is 29.2 Å². The van der Waals surface area contributed by atoms with Crippen LogP contribution in [-0.4, -0.2) is 35.0 Å². The third-order valence-electron chi connectivity index (χ3n) is 2.96. The summed E-state index contributed by atoms with van der Waals surface area (Å²) in [5.41, 5.74) is 6.47. The predicted octanol–water partition coefficient (Wildman–Crippen LogP) is 1.47. The summed E-state index contributed by atoms with van der Waals surface area (Å²) >= 11 is 5.85. The van der Waals surface area contributed by atoms with Crippen LogP contribution in [0, 0.1) is 5.92 Å². The number of amides is 1. The molecule has 0 aliphatic carbocycles. The van der Waals surface area contributed by atoms with E-state index in [9.17, 15) is 9.59 Å². The van der Waals surface area contributed by atoms with Gasteiger partial charge in [0.1, 0.15) is 0 Å². The highest BCUT2D eigenvalue weighted by atomic mass is 35.5. The maximum absolute atomic E-state index is 12.0. The summed E-state index contributed by atoms with van der Waals surface area (Å²) < 4.78 is 0. The lowest BCUT2D eigenvalue weighted by Crippen LogP contribution is -2.50. The number of benzene rings is 1. The first-order chi connectivity index (χ1) is 8.47. The van der Waals surface area contributed by atoms with Gasteiger partial charge in [-0.25, -0.2) is 0 Å². The zero-order chi connectivity index (χ0) is 13.3. The van der Waals surface area contributed by atoms with E-state index in [-0.39, 0.29) is 18.2 Å². The molecule has 0 atom stereocenters. The fourth-order valence-electron chi connectivity index (χ4n) is 1.95. The molecule has 1 aromatic carbocycles. The lowest BCUT2D eigenvalue weighted by atomic mass is 9.95. The van der Waals surface area contributed by atoms with Crippen molar-refractivity contribution in [2.75, 3.05) is 18.8 Å². The largest absolute Gasteiger partial charge is 0.481 e. The average molecular weight is 269 g/mol. The number of likely N-dealkylation sites (tertiary alicyclic amines) is 1. The van der Waals surface area contributed by atoms with Crippen LogP contribution < -0.4 is 5.73 Å². The van der Waals surface area contributed by atoms with E-state index >= 15 is 0 Å². The summed E-state index contributed by atoms with van der Waals surface area (Å²) in [6.07, 6.45) is 0.103. The standard InChI is InChI=1S/C12H13ClN2O3/c13-9-4-8(1-2-10(9)14)12(18)15-5-7(6-15)3-11(16)17/h1-2,4,7H,3,5-6,14H2,(H,16,17). The molecule has 18 heavy (non-hydrogen) atoms.